The molecule has 1 N–H and O–H groups in total. The summed E-state index contributed by atoms with van der Waals surface area (Å²) in [7, 11) is 0. The van der Waals surface area contributed by atoms with Gasteiger partial charge in [0.1, 0.15) is 12.7 Å². The number of morpholine rings is 1. The summed E-state index contributed by atoms with van der Waals surface area (Å²) in [4.78, 5) is 16.2. The van der Waals surface area contributed by atoms with Crippen LogP contribution in [-0.2, 0) is 10.3 Å². The topological polar surface area (TPSA) is 65.4 Å². The number of aromatic nitrogens is 2. The normalized spacial score (nSPS) is 20.3. The highest BCUT2D eigenvalue weighted by atomic mass is 16.5. The molecule has 0 aromatic carbocycles. The maximum atomic E-state index is 12.2. The van der Waals surface area contributed by atoms with E-state index in [4.69, 9.17) is 9.47 Å². The molecule has 106 valence electrons. The number of hydrogen-bond donors (Lipinski definition) is 1. The van der Waals surface area contributed by atoms with Crippen LogP contribution in [0.2, 0.25) is 0 Å². The Hall–Kier alpha value is -1.40. The van der Waals surface area contributed by atoms with Crippen LogP contribution in [0.3, 0.4) is 0 Å². The van der Waals surface area contributed by atoms with Crippen LogP contribution in [0.15, 0.2) is 17.2 Å². The zero-order valence-electron chi connectivity index (χ0n) is 11.7. The van der Waals surface area contributed by atoms with Crippen LogP contribution in [-0.4, -0.2) is 42.0 Å². The van der Waals surface area contributed by atoms with Gasteiger partial charge in [-0.15, -0.1) is 0 Å². The molecule has 19 heavy (non-hydrogen) atoms. The molecule has 1 unspecified atom stereocenters. The van der Waals surface area contributed by atoms with E-state index in [1.165, 1.54) is 0 Å². The molecule has 0 radical (unpaired) electrons. The van der Waals surface area contributed by atoms with Gasteiger partial charge in [0, 0.05) is 31.0 Å². The lowest BCUT2D eigenvalue weighted by atomic mass is 10.1. The standard InChI is InChI=1S/C13H21N3O3/c1-13(2,3)16-6-4-15-11(12(16)17)19-9-10-8-14-5-7-18-10/h4,6,10,14H,5,7-9H2,1-3H3. The van der Waals surface area contributed by atoms with Crippen LogP contribution in [0.1, 0.15) is 20.8 Å². The van der Waals surface area contributed by atoms with E-state index in [9.17, 15) is 4.79 Å². The molecule has 0 amide bonds. The van der Waals surface area contributed by atoms with Gasteiger partial charge in [0.25, 0.3) is 5.88 Å². The van der Waals surface area contributed by atoms with Crippen molar-refractivity contribution in [3.63, 3.8) is 0 Å². The molecular weight excluding hydrogens is 246 g/mol. The van der Waals surface area contributed by atoms with Crippen molar-refractivity contribution >= 4 is 0 Å². The van der Waals surface area contributed by atoms with Crippen molar-refractivity contribution < 1.29 is 9.47 Å². The highest BCUT2D eigenvalue weighted by Crippen LogP contribution is 2.11. The number of rotatable bonds is 3. The maximum absolute atomic E-state index is 12.2. The van der Waals surface area contributed by atoms with Crippen molar-refractivity contribution in [1.82, 2.24) is 14.9 Å². The van der Waals surface area contributed by atoms with Crippen LogP contribution in [0.5, 0.6) is 5.88 Å². The van der Waals surface area contributed by atoms with Gasteiger partial charge in [-0.25, -0.2) is 4.98 Å². The first-order chi connectivity index (χ1) is 8.98. The molecule has 0 saturated carbocycles. The van der Waals surface area contributed by atoms with Crippen LogP contribution >= 0.6 is 0 Å². The molecule has 2 heterocycles. The number of hydrogen-bond acceptors (Lipinski definition) is 5. The summed E-state index contributed by atoms with van der Waals surface area (Å²) in [6, 6.07) is 0. The fourth-order valence-electron chi connectivity index (χ4n) is 1.92. The van der Waals surface area contributed by atoms with Gasteiger partial charge in [-0.1, -0.05) is 0 Å². The minimum Gasteiger partial charge on any atom is -0.471 e. The van der Waals surface area contributed by atoms with Crippen molar-refractivity contribution in [3.05, 3.63) is 22.7 Å². The second kappa shape index (κ2) is 5.71. The molecule has 0 bridgehead atoms. The average Bonchev–Trinajstić information content (AvgIpc) is 2.37. The third-order valence-electron chi connectivity index (χ3n) is 2.94. The maximum Gasteiger partial charge on any atom is 0.313 e. The summed E-state index contributed by atoms with van der Waals surface area (Å²) in [6.45, 7) is 8.49. The van der Waals surface area contributed by atoms with E-state index in [-0.39, 0.29) is 23.1 Å². The van der Waals surface area contributed by atoms with Crippen molar-refractivity contribution in [2.45, 2.75) is 32.4 Å². The second-order valence-corrected chi connectivity index (χ2v) is 5.59. The highest BCUT2D eigenvalue weighted by molar-refractivity contribution is 5.06. The molecule has 1 aliphatic rings. The zero-order valence-corrected chi connectivity index (χ0v) is 11.7. The summed E-state index contributed by atoms with van der Waals surface area (Å²) in [5.41, 5.74) is -0.500. The molecule has 0 aliphatic carbocycles. The quantitative estimate of drug-likeness (QED) is 0.857. The largest absolute Gasteiger partial charge is 0.471 e. The molecule has 1 aliphatic heterocycles. The Balaban J connectivity index is 2.06. The van der Waals surface area contributed by atoms with Crippen molar-refractivity contribution in [1.29, 1.82) is 0 Å². The van der Waals surface area contributed by atoms with Gasteiger partial charge in [0.15, 0.2) is 0 Å². The van der Waals surface area contributed by atoms with E-state index in [0.717, 1.165) is 13.1 Å². The lowest BCUT2D eigenvalue weighted by molar-refractivity contribution is -0.00127. The Morgan fingerprint density at radius 1 is 1.58 bits per heavy atom. The highest BCUT2D eigenvalue weighted by Gasteiger charge is 2.19. The first-order valence-corrected chi connectivity index (χ1v) is 6.52. The summed E-state index contributed by atoms with van der Waals surface area (Å²) in [5.74, 6) is 0.131. The molecule has 1 fully saturated rings. The van der Waals surface area contributed by atoms with Gasteiger partial charge >= 0.3 is 5.56 Å². The molecular formula is C13H21N3O3. The minimum atomic E-state index is -0.291. The first kappa shape index (κ1) is 14.0. The van der Waals surface area contributed by atoms with Crippen LogP contribution in [0.25, 0.3) is 0 Å². The first-order valence-electron chi connectivity index (χ1n) is 6.52. The Kier molecular flexibility index (Phi) is 4.21. The second-order valence-electron chi connectivity index (χ2n) is 5.59. The summed E-state index contributed by atoms with van der Waals surface area (Å²) in [6.07, 6.45) is 3.23. The van der Waals surface area contributed by atoms with Crippen molar-refractivity contribution in [3.8, 4) is 5.88 Å². The molecule has 0 spiro atoms. The SMILES string of the molecule is CC(C)(C)n1ccnc(OCC2CNCCO2)c1=O. The monoisotopic (exact) mass is 267 g/mol. The molecule has 1 saturated heterocycles. The summed E-state index contributed by atoms with van der Waals surface area (Å²) >= 11 is 0. The Labute approximate surface area is 112 Å². The predicted molar refractivity (Wildman–Crippen MR) is 71.6 cm³/mol. The molecule has 6 heteroatoms. The van der Waals surface area contributed by atoms with E-state index in [2.05, 4.69) is 10.3 Å². The Morgan fingerprint density at radius 2 is 2.37 bits per heavy atom. The van der Waals surface area contributed by atoms with Gasteiger partial charge in [0.2, 0.25) is 0 Å². The van der Waals surface area contributed by atoms with E-state index in [0.29, 0.717) is 13.2 Å². The lowest BCUT2D eigenvalue weighted by Gasteiger charge is -2.24. The lowest BCUT2D eigenvalue weighted by Crippen LogP contribution is -2.42. The molecule has 2 rings (SSSR count). The van der Waals surface area contributed by atoms with Crippen LogP contribution < -0.4 is 15.6 Å². The Morgan fingerprint density at radius 3 is 3.00 bits per heavy atom. The van der Waals surface area contributed by atoms with E-state index in [1.807, 2.05) is 20.8 Å². The van der Waals surface area contributed by atoms with Gasteiger partial charge in [-0.2, -0.15) is 0 Å². The van der Waals surface area contributed by atoms with Crippen molar-refractivity contribution in [2.75, 3.05) is 26.3 Å². The number of ether oxygens (including phenoxy) is 2. The van der Waals surface area contributed by atoms with E-state index in [1.54, 1.807) is 17.0 Å². The van der Waals surface area contributed by atoms with Crippen molar-refractivity contribution in [2.24, 2.45) is 0 Å². The molecule has 6 nitrogen and oxygen atoms in total. The van der Waals surface area contributed by atoms with Gasteiger partial charge in [-0.05, 0) is 20.8 Å². The number of nitrogens with one attached hydrogen (secondary N) is 1. The number of nitrogens with zero attached hydrogens (tertiary/aromatic N) is 2. The fourth-order valence-corrected chi connectivity index (χ4v) is 1.92. The van der Waals surface area contributed by atoms with Crippen LogP contribution in [0.4, 0.5) is 0 Å². The molecule has 1 aromatic heterocycles. The Bertz CT molecular complexity index is 473. The fraction of sp³-hybridized carbons (Fsp3) is 0.692. The molecule has 1 atom stereocenters. The third kappa shape index (κ3) is 3.54. The van der Waals surface area contributed by atoms with Gasteiger partial charge < -0.3 is 19.4 Å². The van der Waals surface area contributed by atoms with Crippen LogP contribution in [0, 0.1) is 0 Å². The third-order valence-corrected chi connectivity index (χ3v) is 2.94. The van der Waals surface area contributed by atoms with E-state index >= 15 is 0 Å². The minimum absolute atomic E-state index is 0.0294. The molecule has 1 aromatic rings. The summed E-state index contributed by atoms with van der Waals surface area (Å²) in [5, 5.41) is 3.21. The predicted octanol–water partition coefficient (Wildman–Crippen LogP) is 0.365. The smallest absolute Gasteiger partial charge is 0.313 e. The van der Waals surface area contributed by atoms with Gasteiger partial charge in [0.05, 0.1) is 6.61 Å². The van der Waals surface area contributed by atoms with E-state index < -0.39 is 0 Å². The van der Waals surface area contributed by atoms with Gasteiger partial charge in [-0.3, -0.25) is 4.79 Å². The zero-order chi connectivity index (χ0) is 13.9. The average molecular weight is 267 g/mol. The summed E-state index contributed by atoms with van der Waals surface area (Å²) < 4.78 is 12.6.